The van der Waals surface area contributed by atoms with E-state index in [-0.39, 0.29) is 5.91 Å². The summed E-state index contributed by atoms with van der Waals surface area (Å²) in [4.78, 5) is 23.0. The van der Waals surface area contributed by atoms with Gasteiger partial charge < -0.3 is 9.64 Å². The van der Waals surface area contributed by atoms with Gasteiger partial charge in [-0.15, -0.1) is 0 Å². The maximum Gasteiger partial charge on any atom is 0.273 e. The van der Waals surface area contributed by atoms with Crippen molar-refractivity contribution in [3.05, 3.63) is 66.1 Å². The van der Waals surface area contributed by atoms with Gasteiger partial charge in [-0.2, -0.15) is 0 Å². The van der Waals surface area contributed by atoms with Crippen molar-refractivity contribution in [1.29, 1.82) is 0 Å². The summed E-state index contributed by atoms with van der Waals surface area (Å²) in [5.41, 5.74) is 1.33. The highest BCUT2D eigenvalue weighted by atomic mass is 16.5. The summed E-state index contributed by atoms with van der Waals surface area (Å²) in [5.74, 6) is 0.434. The number of hydrogen-bond acceptors (Lipinski definition) is 4. The number of carbonyl (C=O) groups excluding carboxylic acids is 1. The molecule has 0 aliphatic carbocycles. The molecule has 0 saturated carbocycles. The lowest BCUT2D eigenvalue weighted by Gasteiger charge is -2.19. The standard InChI is InChI=1S/C19H19N3O2/c1-3-24-18-15(8-6-11-21-18)13-22(2)19(23)17-16-9-5-4-7-14(16)10-12-20-17/h4-12H,3,13H2,1-2H3. The maximum atomic E-state index is 12.8. The zero-order valence-electron chi connectivity index (χ0n) is 13.8. The number of amides is 1. The third-order valence-electron chi connectivity index (χ3n) is 3.76. The SMILES string of the molecule is CCOc1ncccc1CN(C)C(=O)c1nccc2ccccc12. The van der Waals surface area contributed by atoms with Crippen molar-refractivity contribution in [2.45, 2.75) is 13.5 Å². The molecule has 0 atom stereocenters. The first-order valence-electron chi connectivity index (χ1n) is 7.86. The van der Waals surface area contributed by atoms with Crippen LogP contribution in [0.1, 0.15) is 23.0 Å². The molecule has 1 aromatic carbocycles. The molecule has 0 unspecified atom stereocenters. The van der Waals surface area contributed by atoms with Crippen molar-refractivity contribution in [1.82, 2.24) is 14.9 Å². The summed E-state index contributed by atoms with van der Waals surface area (Å²) in [6.45, 7) is 2.85. The molecule has 0 aliphatic heterocycles. The number of carbonyl (C=O) groups is 1. The van der Waals surface area contributed by atoms with Crippen LogP contribution in [0.15, 0.2) is 54.9 Å². The lowest BCUT2D eigenvalue weighted by molar-refractivity contribution is 0.0780. The van der Waals surface area contributed by atoms with E-state index in [9.17, 15) is 4.79 Å². The average Bonchev–Trinajstić information content (AvgIpc) is 2.62. The van der Waals surface area contributed by atoms with E-state index in [1.54, 1.807) is 24.3 Å². The number of aromatic nitrogens is 2. The number of fused-ring (bicyclic) bond motifs is 1. The van der Waals surface area contributed by atoms with Crippen LogP contribution in [-0.2, 0) is 6.54 Å². The monoisotopic (exact) mass is 321 g/mol. The molecule has 3 aromatic rings. The quantitative estimate of drug-likeness (QED) is 0.723. The molecule has 0 spiro atoms. The first-order valence-corrected chi connectivity index (χ1v) is 7.86. The summed E-state index contributed by atoms with van der Waals surface area (Å²) >= 11 is 0. The summed E-state index contributed by atoms with van der Waals surface area (Å²) in [6, 6.07) is 13.4. The largest absolute Gasteiger partial charge is 0.478 e. The molecule has 0 radical (unpaired) electrons. The molecule has 0 bridgehead atoms. The molecule has 24 heavy (non-hydrogen) atoms. The average molecular weight is 321 g/mol. The minimum absolute atomic E-state index is 0.127. The molecule has 2 aromatic heterocycles. The molecule has 0 saturated heterocycles. The summed E-state index contributed by atoms with van der Waals surface area (Å²) < 4.78 is 5.53. The highest BCUT2D eigenvalue weighted by Gasteiger charge is 2.18. The topological polar surface area (TPSA) is 55.3 Å². The van der Waals surface area contributed by atoms with Crippen molar-refractivity contribution in [3.8, 4) is 5.88 Å². The van der Waals surface area contributed by atoms with Crippen LogP contribution >= 0.6 is 0 Å². The van der Waals surface area contributed by atoms with Crippen LogP contribution in [0.2, 0.25) is 0 Å². The summed E-state index contributed by atoms with van der Waals surface area (Å²) in [6.07, 6.45) is 3.35. The van der Waals surface area contributed by atoms with E-state index >= 15 is 0 Å². The minimum atomic E-state index is -0.127. The molecule has 2 heterocycles. The Kier molecular flexibility index (Phi) is 4.70. The second-order valence-corrected chi connectivity index (χ2v) is 5.44. The van der Waals surface area contributed by atoms with Crippen LogP contribution in [-0.4, -0.2) is 34.4 Å². The van der Waals surface area contributed by atoms with Crippen LogP contribution in [0.3, 0.4) is 0 Å². The molecule has 3 rings (SSSR count). The van der Waals surface area contributed by atoms with E-state index in [1.165, 1.54) is 0 Å². The smallest absolute Gasteiger partial charge is 0.273 e. The third-order valence-corrected chi connectivity index (χ3v) is 3.76. The number of nitrogens with zero attached hydrogens (tertiary/aromatic N) is 3. The van der Waals surface area contributed by atoms with Crippen LogP contribution in [0.5, 0.6) is 5.88 Å². The van der Waals surface area contributed by atoms with Crippen molar-refractivity contribution in [2.75, 3.05) is 13.7 Å². The molecule has 0 fully saturated rings. The molecule has 5 heteroatoms. The minimum Gasteiger partial charge on any atom is -0.478 e. The van der Waals surface area contributed by atoms with Crippen LogP contribution in [0.4, 0.5) is 0 Å². The summed E-state index contributed by atoms with van der Waals surface area (Å²) in [7, 11) is 1.76. The Bertz CT molecular complexity index is 859. The molecular weight excluding hydrogens is 302 g/mol. The molecule has 5 nitrogen and oxygen atoms in total. The van der Waals surface area contributed by atoms with Gasteiger partial charge in [-0.1, -0.05) is 30.3 Å². The van der Waals surface area contributed by atoms with E-state index < -0.39 is 0 Å². The van der Waals surface area contributed by atoms with E-state index in [0.717, 1.165) is 16.3 Å². The Labute approximate surface area is 140 Å². The van der Waals surface area contributed by atoms with Gasteiger partial charge in [0, 0.05) is 30.4 Å². The maximum absolute atomic E-state index is 12.8. The predicted molar refractivity (Wildman–Crippen MR) is 92.9 cm³/mol. The molecule has 122 valence electrons. The number of benzene rings is 1. The fraction of sp³-hybridized carbons (Fsp3) is 0.211. The van der Waals surface area contributed by atoms with Gasteiger partial charge in [0.1, 0.15) is 5.69 Å². The highest BCUT2D eigenvalue weighted by Crippen LogP contribution is 2.20. The van der Waals surface area contributed by atoms with Crippen molar-refractivity contribution in [3.63, 3.8) is 0 Å². The zero-order chi connectivity index (χ0) is 16.9. The first kappa shape index (κ1) is 15.9. The molecule has 1 amide bonds. The zero-order valence-corrected chi connectivity index (χ0v) is 13.8. The van der Waals surface area contributed by atoms with E-state index in [0.29, 0.717) is 24.7 Å². The second kappa shape index (κ2) is 7.08. The van der Waals surface area contributed by atoms with E-state index in [2.05, 4.69) is 9.97 Å². The molecule has 0 aliphatic rings. The summed E-state index contributed by atoms with van der Waals surface area (Å²) in [5, 5.41) is 1.86. The van der Waals surface area contributed by atoms with Gasteiger partial charge >= 0.3 is 0 Å². The fourth-order valence-corrected chi connectivity index (χ4v) is 2.61. The Morgan fingerprint density at radius 1 is 1.08 bits per heavy atom. The van der Waals surface area contributed by atoms with E-state index in [4.69, 9.17) is 4.74 Å². The van der Waals surface area contributed by atoms with E-state index in [1.807, 2.05) is 49.4 Å². The van der Waals surface area contributed by atoms with Crippen LogP contribution < -0.4 is 4.74 Å². The van der Waals surface area contributed by atoms with Gasteiger partial charge in [-0.05, 0) is 24.4 Å². The highest BCUT2D eigenvalue weighted by molar-refractivity contribution is 6.04. The van der Waals surface area contributed by atoms with Crippen molar-refractivity contribution in [2.24, 2.45) is 0 Å². The Balaban J connectivity index is 1.87. The first-order chi connectivity index (χ1) is 11.7. The van der Waals surface area contributed by atoms with Gasteiger partial charge in [0.05, 0.1) is 13.2 Å². The van der Waals surface area contributed by atoms with Crippen molar-refractivity contribution >= 4 is 16.7 Å². The van der Waals surface area contributed by atoms with Crippen LogP contribution in [0.25, 0.3) is 10.8 Å². The van der Waals surface area contributed by atoms with Crippen LogP contribution in [0, 0.1) is 0 Å². The number of pyridine rings is 2. The number of rotatable bonds is 5. The fourth-order valence-electron chi connectivity index (χ4n) is 2.61. The lowest BCUT2D eigenvalue weighted by Crippen LogP contribution is -2.27. The van der Waals surface area contributed by atoms with Crippen molar-refractivity contribution < 1.29 is 9.53 Å². The van der Waals surface area contributed by atoms with Gasteiger partial charge in [0.2, 0.25) is 5.88 Å². The normalized spacial score (nSPS) is 10.6. The predicted octanol–water partition coefficient (Wildman–Crippen LogP) is 3.30. The second-order valence-electron chi connectivity index (χ2n) is 5.44. The van der Waals surface area contributed by atoms with Gasteiger partial charge in [-0.25, -0.2) is 4.98 Å². The Morgan fingerprint density at radius 2 is 1.92 bits per heavy atom. The van der Waals surface area contributed by atoms with Gasteiger partial charge in [0.25, 0.3) is 5.91 Å². The molecule has 0 N–H and O–H groups in total. The Morgan fingerprint density at radius 3 is 2.75 bits per heavy atom. The third kappa shape index (κ3) is 3.20. The number of hydrogen-bond donors (Lipinski definition) is 0. The lowest BCUT2D eigenvalue weighted by atomic mass is 10.1. The number of ether oxygens (including phenoxy) is 1. The van der Waals surface area contributed by atoms with Gasteiger partial charge in [0.15, 0.2) is 0 Å². The Hall–Kier alpha value is -2.95. The van der Waals surface area contributed by atoms with Gasteiger partial charge in [-0.3, -0.25) is 9.78 Å². The molecular formula is C19H19N3O2.